The minimum absolute atomic E-state index is 0.648. The third-order valence-electron chi connectivity index (χ3n) is 1.84. The second-order valence-corrected chi connectivity index (χ2v) is 2.78. The van der Waals surface area contributed by atoms with E-state index >= 15 is 0 Å². The summed E-state index contributed by atoms with van der Waals surface area (Å²) < 4.78 is 0. The second-order valence-electron chi connectivity index (χ2n) is 2.78. The maximum atomic E-state index is 2.29. The van der Waals surface area contributed by atoms with Crippen LogP contribution in [0, 0.1) is 11.8 Å². The summed E-state index contributed by atoms with van der Waals surface area (Å²) in [4.78, 5) is 0. The summed E-state index contributed by atoms with van der Waals surface area (Å²) in [5.41, 5.74) is 1.38. The Morgan fingerprint density at radius 2 is 1.89 bits per heavy atom. The van der Waals surface area contributed by atoms with Crippen molar-refractivity contribution in [2.24, 2.45) is 5.92 Å². The van der Waals surface area contributed by atoms with Crippen LogP contribution in [0.25, 0.3) is 0 Å². The van der Waals surface area contributed by atoms with Gasteiger partial charge in [0, 0.05) is 5.92 Å². The maximum absolute atomic E-state index is 2.29. The summed E-state index contributed by atoms with van der Waals surface area (Å²) in [5.74, 6) is 2.11. The van der Waals surface area contributed by atoms with Crippen LogP contribution in [0.4, 0.5) is 0 Å². The molecule has 1 aliphatic rings. The third-order valence-corrected chi connectivity index (χ3v) is 1.84. The zero-order valence-corrected chi connectivity index (χ0v) is 6.31. The van der Waals surface area contributed by atoms with Crippen LogP contribution >= 0.6 is 0 Å². The SMILES string of the molecule is C[C]1C=CC(C)=CC1C. The number of rotatable bonds is 0. The normalized spacial score (nSPS) is 28.3. The van der Waals surface area contributed by atoms with Crippen molar-refractivity contribution in [3.8, 4) is 0 Å². The molecule has 0 heteroatoms. The molecule has 0 bridgehead atoms. The summed E-state index contributed by atoms with van der Waals surface area (Å²) in [6, 6.07) is 0. The van der Waals surface area contributed by atoms with Gasteiger partial charge in [0.15, 0.2) is 0 Å². The molecular weight excluding hydrogens is 108 g/mol. The van der Waals surface area contributed by atoms with E-state index < -0.39 is 0 Å². The van der Waals surface area contributed by atoms with Gasteiger partial charge in [-0.15, -0.1) is 0 Å². The van der Waals surface area contributed by atoms with E-state index in [4.69, 9.17) is 0 Å². The lowest BCUT2D eigenvalue weighted by Crippen LogP contribution is -2.03. The van der Waals surface area contributed by atoms with Gasteiger partial charge in [-0.25, -0.2) is 0 Å². The Balaban J connectivity index is 2.70. The fourth-order valence-electron chi connectivity index (χ4n) is 0.996. The standard InChI is InChI=1S/C9H13/c1-7-4-5-8(2)9(3)6-7/h4-6,9H,1-3H3. The average Bonchev–Trinajstić information content (AvgIpc) is 1.80. The largest absolute Gasteiger partial charge is 0.0779 e. The van der Waals surface area contributed by atoms with Gasteiger partial charge >= 0.3 is 0 Å². The fourth-order valence-corrected chi connectivity index (χ4v) is 0.996. The van der Waals surface area contributed by atoms with Crippen molar-refractivity contribution in [3.05, 3.63) is 29.7 Å². The van der Waals surface area contributed by atoms with E-state index in [1.807, 2.05) is 0 Å². The molecule has 49 valence electrons. The Morgan fingerprint density at radius 3 is 2.33 bits per heavy atom. The molecule has 1 aliphatic carbocycles. The van der Waals surface area contributed by atoms with Crippen molar-refractivity contribution < 1.29 is 0 Å². The van der Waals surface area contributed by atoms with Crippen molar-refractivity contribution >= 4 is 0 Å². The minimum Gasteiger partial charge on any atom is -0.0779 e. The minimum atomic E-state index is 0.648. The van der Waals surface area contributed by atoms with Crippen molar-refractivity contribution in [2.75, 3.05) is 0 Å². The Morgan fingerprint density at radius 1 is 1.22 bits per heavy atom. The molecule has 9 heavy (non-hydrogen) atoms. The molecule has 0 aromatic carbocycles. The van der Waals surface area contributed by atoms with E-state index in [-0.39, 0.29) is 0 Å². The maximum Gasteiger partial charge on any atom is 0.00109 e. The van der Waals surface area contributed by atoms with Crippen LogP contribution in [0.2, 0.25) is 0 Å². The summed E-state index contributed by atoms with van der Waals surface area (Å²) in [5, 5.41) is 0. The van der Waals surface area contributed by atoms with E-state index in [0.29, 0.717) is 5.92 Å². The Labute approximate surface area is 57.3 Å². The first-order valence-electron chi connectivity index (χ1n) is 3.40. The lowest BCUT2D eigenvalue weighted by atomic mass is 9.89. The number of allylic oxidation sites excluding steroid dienone is 4. The first-order valence-corrected chi connectivity index (χ1v) is 3.40. The van der Waals surface area contributed by atoms with E-state index in [1.165, 1.54) is 11.5 Å². The van der Waals surface area contributed by atoms with Gasteiger partial charge in [0.1, 0.15) is 0 Å². The number of hydrogen-bond acceptors (Lipinski definition) is 0. The lowest BCUT2D eigenvalue weighted by molar-refractivity contribution is 0.767. The van der Waals surface area contributed by atoms with E-state index in [0.717, 1.165) is 0 Å². The topological polar surface area (TPSA) is 0 Å². The quantitative estimate of drug-likeness (QED) is 0.462. The molecule has 1 rings (SSSR count). The molecule has 0 heterocycles. The van der Waals surface area contributed by atoms with Crippen LogP contribution in [0.3, 0.4) is 0 Å². The fraction of sp³-hybridized carbons (Fsp3) is 0.444. The van der Waals surface area contributed by atoms with Crippen LogP contribution < -0.4 is 0 Å². The van der Waals surface area contributed by atoms with E-state index in [9.17, 15) is 0 Å². The van der Waals surface area contributed by atoms with Crippen LogP contribution in [0.5, 0.6) is 0 Å². The molecule has 1 unspecified atom stereocenters. The highest BCUT2D eigenvalue weighted by molar-refractivity contribution is 5.31. The van der Waals surface area contributed by atoms with Crippen molar-refractivity contribution in [1.29, 1.82) is 0 Å². The Kier molecular flexibility index (Phi) is 1.75. The molecule has 0 amide bonds. The molecule has 0 fully saturated rings. The van der Waals surface area contributed by atoms with Crippen LogP contribution in [0.1, 0.15) is 20.8 Å². The first kappa shape index (κ1) is 6.60. The molecular formula is C9H13. The first-order chi connectivity index (χ1) is 4.20. The highest BCUT2D eigenvalue weighted by Gasteiger charge is 2.09. The molecule has 0 nitrogen and oxygen atoms in total. The van der Waals surface area contributed by atoms with Crippen molar-refractivity contribution in [3.63, 3.8) is 0 Å². The Bertz CT molecular complexity index is 151. The number of hydrogen-bond donors (Lipinski definition) is 0. The summed E-state index contributed by atoms with van der Waals surface area (Å²) in [6.07, 6.45) is 6.64. The van der Waals surface area contributed by atoms with Crippen molar-refractivity contribution in [2.45, 2.75) is 20.8 Å². The summed E-state index contributed by atoms with van der Waals surface area (Å²) >= 11 is 0. The molecule has 1 radical (unpaired) electrons. The average molecular weight is 121 g/mol. The van der Waals surface area contributed by atoms with Gasteiger partial charge in [-0.3, -0.25) is 0 Å². The summed E-state index contributed by atoms with van der Waals surface area (Å²) in [6.45, 7) is 6.53. The molecule has 0 saturated heterocycles. The van der Waals surface area contributed by atoms with Gasteiger partial charge in [0.05, 0.1) is 0 Å². The predicted octanol–water partition coefficient (Wildman–Crippen LogP) is 2.73. The van der Waals surface area contributed by atoms with E-state index in [2.05, 4.69) is 39.0 Å². The highest BCUT2D eigenvalue weighted by atomic mass is 14.1. The molecule has 0 aromatic heterocycles. The van der Waals surface area contributed by atoms with Gasteiger partial charge in [0.25, 0.3) is 0 Å². The molecule has 0 saturated carbocycles. The third kappa shape index (κ3) is 1.44. The smallest absolute Gasteiger partial charge is 0.00109 e. The summed E-state index contributed by atoms with van der Waals surface area (Å²) in [7, 11) is 0. The molecule has 0 N–H and O–H groups in total. The second kappa shape index (κ2) is 2.38. The molecule has 0 aliphatic heterocycles. The van der Waals surface area contributed by atoms with Gasteiger partial charge in [0.2, 0.25) is 0 Å². The molecule has 0 spiro atoms. The van der Waals surface area contributed by atoms with Gasteiger partial charge in [-0.2, -0.15) is 0 Å². The van der Waals surface area contributed by atoms with Gasteiger partial charge in [-0.05, 0) is 12.8 Å². The zero-order valence-electron chi connectivity index (χ0n) is 6.31. The van der Waals surface area contributed by atoms with Gasteiger partial charge < -0.3 is 0 Å². The zero-order chi connectivity index (χ0) is 6.85. The van der Waals surface area contributed by atoms with Crippen LogP contribution in [0.15, 0.2) is 23.8 Å². The predicted molar refractivity (Wildman–Crippen MR) is 41.0 cm³/mol. The van der Waals surface area contributed by atoms with Crippen molar-refractivity contribution in [1.82, 2.24) is 0 Å². The Hall–Kier alpha value is -0.520. The molecule has 0 aromatic rings. The van der Waals surface area contributed by atoms with Crippen LogP contribution in [-0.2, 0) is 0 Å². The lowest BCUT2D eigenvalue weighted by Gasteiger charge is -2.16. The van der Waals surface area contributed by atoms with Gasteiger partial charge in [-0.1, -0.05) is 37.6 Å². The van der Waals surface area contributed by atoms with E-state index in [1.54, 1.807) is 0 Å². The molecule has 1 atom stereocenters. The van der Waals surface area contributed by atoms with Crippen LogP contribution in [-0.4, -0.2) is 0 Å². The monoisotopic (exact) mass is 121 g/mol. The highest BCUT2D eigenvalue weighted by Crippen LogP contribution is 2.22.